The van der Waals surface area contributed by atoms with Crippen LogP contribution in [0.15, 0.2) is 27.6 Å². The van der Waals surface area contributed by atoms with E-state index in [1.807, 2.05) is 6.92 Å². The summed E-state index contributed by atoms with van der Waals surface area (Å²) in [6, 6.07) is 3.86. The molecule has 0 radical (unpaired) electrons. The third kappa shape index (κ3) is 4.31. The molecule has 0 amide bonds. The van der Waals surface area contributed by atoms with E-state index in [1.165, 1.54) is 12.1 Å². The Morgan fingerprint density at radius 2 is 2.12 bits per heavy atom. The summed E-state index contributed by atoms with van der Waals surface area (Å²) in [7, 11) is -3.78. The molecule has 0 saturated carbocycles. The van der Waals surface area contributed by atoms with Gasteiger partial charge in [-0.2, -0.15) is 0 Å². The van der Waals surface area contributed by atoms with E-state index in [9.17, 15) is 12.8 Å². The molecule has 1 N–H and O–H groups in total. The van der Waals surface area contributed by atoms with Gasteiger partial charge in [0.15, 0.2) is 0 Å². The van der Waals surface area contributed by atoms with Gasteiger partial charge in [0.2, 0.25) is 10.0 Å². The Hall–Kier alpha value is 0.0200. The highest BCUT2D eigenvalue weighted by atomic mass is 79.9. The number of hydrogen-bond donors (Lipinski definition) is 1. The number of halogens is 3. The zero-order chi connectivity index (χ0) is 13.1. The third-order valence-corrected chi connectivity index (χ3v) is 5.12. The van der Waals surface area contributed by atoms with Gasteiger partial charge in [-0.15, -0.1) is 0 Å². The number of rotatable bonds is 5. The monoisotopic (exact) mass is 387 g/mol. The Kier molecular flexibility index (Phi) is 5.56. The number of nitrogens with one attached hydrogen (secondary N) is 1. The molecule has 1 atom stereocenters. The quantitative estimate of drug-likeness (QED) is 0.788. The highest BCUT2D eigenvalue weighted by Gasteiger charge is 2.19. The van der Waals surface area contributed by atoms with Crippen molar-refractivity contribution in [3.8, 4) is 0 Å². The van der Waals surface area contributed by atoms with Crippen molar-refractivity contribution < 1.29 is 12.8 Å². The van der Waals surface area contributed by atoms with Crippen molar-refractivity contribution in [3.63, 3.8) is 0 Å². The number of sulfonamides is 1. The maximum atomic E-state index is 13.5. The van der Waals surface area contributed by atoms with E-state index in [1.54, 1.807) is 0 Å². The van der Waals surface area contributed by atoms with E-state index >= 15 is 0 Å². The Morgan fingerprint density at radius 1 is 1.47 bits per heavy atom. The Bertz CT molecular complexity index is 493. The molecule has 0 fully saturated rings. The first-order valence-electron chi connectivity index (χ1n) is 4.87. The molecule has 1 unspecified atom stereocenters. The Balaban J connectivity index is 2.90. The van der Waals surface area contributed by atoms with Crippen molar-refractivity contribution in [3.05, 3.63) is 28.5 Å². The molecule has 1 rings (SSSR count). The number of benzene rings is 1. The summed E-state index contributed by atoms with van der Waals surface area (Å²) in [5, 5.41) is 0.679. The zero-order valence-corrected chi connectivity index (χ0v) is 13.1. The van der Waals surface area contributed by atoms with Crippen molar-refractivity contribution in [1.82, 2.24) is 4.72 Å². The summed E-state index contributed by atoms with van der Waals surface area (Å²) in [6.07, 6.45) is 0. The maximum Gasteiger partial charge on any atom is 0.243 e. The normalized spacial score (nSPS) is 13.6. The molecular formula is C10H12Br2FNO2S. The Morgan fingerprint density at radius 3 is 2.65 bits per heavy atom. The molecule has 1 aromatic rings. The first-order valence-corrected chi connectivity index (χ1v) is 8.27. The van der Waals surface area contributed by atoms with Crippen molar-refractivity contribution in [2.75, 3.05) is 11.9 Å². The van der Waals surface area contributed by atoms with E-state index < -0.39 is 15.8 Å². The number of alkyl halides is 1. The van der Waals surface area contributed by atoms with E-state index in [0.29, 0.717) is 9.80 Å². The maximum absolute atomic E-state index is 13.5. The SMILES string of the molecule is CC(CBr)CNS(=O)(=O)c1ccc(Br)cc1F. The molecule has 0 saturated heterocycles. The molecule has 0 aliphatic carbocycles. The zero-order valence-electron chi connectivity index (χ0n) is 9.08. The van der Waals surface area contributed by atoms with Crippen LogP contribution < -0.4 is 4.72 Å². The lowest BCUT2D eigenvalue weighted by atomic mass is 10.2. The highest BCUT2D eigenvalue weighted by Crippen LogP contribution is 2.19. The van der Waals surface area contributed by atoms with Crippen molar-refractivity contribution in [2.24, 2.45) is 5.92 Å². The van der Waals surface area contributed by atoms with Crippen LogP contribution in [0, 0.1) is 11.7 Å². The standard InChI is InChI=1S/C10H12Br2FNO2S/c1-7(5-11)6-14-17(15,16)10-3-2-8(12)4-9(10)13/h2-4,7,14H,5-6H2,1H3. The molecule has 96 valence electrons. The van der Waals surface area contributed by atoms with Crippen molar-refractivity contribution in [1.29, 1.82) is 0 Å². The average Bonchev–Trinajstić information content (AvgIpc) is 2.25. The molecule has 7 heteroatoms. The lowest BCUT2D eigenvalue weighted by Crippen LogP contribution is -2.29. The minimum Gasteiger partial charge on any atom is -0.211 e. The van der Waals surface area contributed by atoms with Gasteiger partial charge in [-0.05, 0) is 24.1 Å². The summed E-state index contributed by atoms with van der Waals surface area (Å²) in [6.45, 7) is 2.15. The second kappa shape index (κ2) is 6.26. The third-order valence-electron chi connectivity index (χ3n) is 2.07. The van der Waals surface area contributed by atoms with Gasteiger partial charge >= 0.3 is 0 Å². The summed E-state index contributed by atoms with van der Waals surface area (Å²) in [4.78, 5) is -0.331. The molecule has 0 aliphatic rings. The first kappa shape index (κ1) is 15.1. The smallest absolute Gasteiger partial charge is 0.211 e. The van der Waals surface area contributed by atoms with Crippen LogP contribution in [0.5, 0.6) is 0 Å². The van der Waals surface area contributed by atoms with E-state index in [-0.39, 0.29) is 17.4 Å². The van der Waals surface area contributed by atoms with E-state index in [0.717, 1.165) is 6.07 Å². The summed E-state index contributed by atoms with van der Waals surface area (Å²) in [5.74, 6) is -0.623. The molecule has 0 spiro atoms. The van der Waals surface area contributed by atoms with Crippen molar-refractivity contribution in [2.45, 2.75) is 11.8 Å². The largest absolute Gasteiger partial charge is 0.243 e. The number of hydrogen-bond acceptors (Lipinski definition) is 2. The van der Waals surface area contributed by atoms with Crippen LogP contribution in [-0.2, 0) is 10.0 Å². The van der Waals surface area contributed by atoms with Gasteiger partial charge in [0.1, 0.15) is 10.7 Å². The summed E-state index contributed by atoms with van der Waals surface area (Å²) >= 11 is 6.32. The van der Waals surface area contributed by atoms with Crippen LogP contribution in [0.1, 0.15) is 6.92 Å². The molecule has 0 bridgehead atoms. The fourth-order valence-electron chi connectivity index (χ4n) is 1.08. The van der Waals surface area contributed by atoms with Gasteiger partial charge in [0.25, 0.3) is 0 Å². The van der Waals surface area contributed by atoms with Crippen molar-refractivity contribution >= 4 is 41.9 Å². The molecule has 0 aromatic heterocycles. The molecule has 0 heterocycles. The van der Waals surface area contributed by atoms with Gasteiger partial charge < -0.3 is 0 Å². The predicted octanol–water partition coefficient (Wildman–Crippen LogP) is 2.90. The van der Waals surface area contributed by atoms with Gasteiger partial charge in [-0.3, -0.25) is 0 Å². The fraction of sp³-hybridized carbons (Fsp3) is 0.400. The molecular weight excluding hydrogens is 377 g/mol. The van der Waals surface area contributed by atoms with Crippen LogP contribution in [-0.4, -0.2) is 20.3 Å². The van der Waals surface area contributed by atoms with E-state index in [2.05, 4.69) is 36.6 Å². The van der Waals surface area contributed by atoms with E-state index in [4.69, 9.17) is 0 Å². The Labute approximate surface area is 117 Å². The first-order chi connectivity index (χ1) is 7.86. The van der Waals surface area contributed by atoms with Gasteiger partial charge in [-0.1, -0.05) is 38.8 Å². The van der Waals surface area contributed by atoms with Crippen LogP contribution in [0.2, 0.25) is 0 Å². The lowest BCUT2D eigenvalue weighted by molar-refractivity contribution is 0.545. The molecule has 3 nitrogen and oxygen atoms in total. The van der Waals surface area contributed by atoms with Crippen LogP contribution in [0.3, 0.4) is 0 Å². The molecule has 0 aliphatic heterocycles. The lowest BCUT2D eigenvalue weighted by Gasteiger charge is -2.11. The fourth-order valence-corrected chi connectivity index (χ4v) is 2.86. The summed E-state index contributed by atoms with van der Waals surface area (Å²) in [5.41, 5.74) is 0. The second-order valence-electron chi connectivity index (χ2n) is 3.69. The molecule has 17 heavy (non-hydrogen) atoms. The minimum absolute atomic E-state index is 0.142. The second-order valence-corrected chi connectivity index (χ2v) is 6.98. The van der Waals surface area contributed by atoms with Gasteiger partial charge in [0.05, 0.1) is 0 Å². The average molecular weight is 389 g/mol. The van der Waals surface area contributed by atoms with Crippen LogP contribution in [0.4, 0.5) is 4.39 Å². The van der Waals surface area contributed by atoms with Gasteiger partial charge in [-0.25, -0.2) is 17.5 Å². The predicted molar refractivity (Wildman–Crippen MR) is 72.2 cm³/mol. The summed E-state index contributed by atoms with van der Waals surface area (Å²) < 4.78 is 40.0. The molecule has 1 aromatic carbocycles. The van der Waals surface area contributed by atoms with Crippen LogP contribution in [0.25, 0.3) is 0 Å². The topological polar surface area (TPSA) is 46.2 Å². The van der Waals surface area contributed by atoms with Crippen LogP contribution >= 0.6 is 31.9 Å². The minimum atomic E-state index is -3.78. The van der Waals surface area contributed by atoms with Gasteiger partial charge in [0, 0.05) is 16.3 Å². The highest BCUT2D eigenvalue weighted by molar-refractivity contribution is 9.10.